The Morgan fingerprint density at radius 3 is 2.50 bits per heavy atom. The zero-order chi connectivity index (χ0) is 15.3. The van der Waals surface area contributed by atoms with Crippen molar-refractivity contribution < 1.29 is 19.5 Å². The molecule has 2 atom stereocenters. The van der Waals surface area contributed by atoms with Crippen molar-refractivity contribution in [3.63, 3.8) is 0 Å². The van der Waals surface area contributed by atoms with Gasteiger partial charge in [-0.3, -0.25) is 19.8 Å². The van der Waals surface area contributed by atoms with Crippen LogP contribution >= 0.6 is 0 Å². The molecule has 0 aromatic rings. The average Bonchev–Trinajstić information content (AvgIpc) is 2.30. The molecule has 0 radical (unpaired) electrons. The van der Waals surface area contributed by atoms with E-state index in [1.165, 1.54) is 0 Å². The molecule has 1 fully saturated rings. The van der Waals surface area contributed by atoms with Gasteiger partial charge >= 0.3 is 12.0 Å². The number of likely N-dealkylation sites (tertiary alicyclic amines) is 1. The molecule has 0 aromatic heterocycles. The van der Waals surface area contributed by atoms with Gasteiger partial charge in [0, 0.05) is 12.1 Å². The second kappa shape index (κ2) is 7.23. The molecule has 0 saturated carbocycles. The Labute approximate surface area is 118 Å². The van der Waals surface area contributed by atoms with Crippen LogP contribution in [-0.4, -0.2) is 53.1 Å². The van der Waals surface area contributed by atoms with Gasteiger partial charge in [-0.1, -0.05) is 0 Å². The van der Waals surface area contributed by atoms with Crippen LogP contribution in [0.15, 0.2) is 0 Å². The molecule has 1 rings (SSSR count). The van der Waals surface area contributed by atoms with E-state index in [1.807, 2.05) is 25.7 Å². The Morgan fingerprint density at radius 2 is 2.00 bits per heavy atom. The van der Waals surface area contributed by atoms with Crippen molar-refractivity contribution in [2.24, 2.45) is 5.92 Å². The van der Waals surface area contributed by atoms with Gasteiger partial charge in [-0.25, -0.2) is 4.79 Å². The predicted octanol–water partition coefficient (Wildman–Crippen LogP) is 0.406. The molecule has 1 aliphatic rings. The Morgan fingerprint density at radius 1 is 1.35 bits per heavy atom. The molecule has 7 nitrogen and oxygen atoms in total. The van der Waals surface area contributed by atoms with Crippen molar-refractivity contribution >= 4 is 17.9 Å². The molecule has 20 heavy (non-hydrogen) atoms. The summed E-state index contributed by atoms with van der Waals surface area (Å²) in [7, 11) is 0. The van der Waals surface area contributed by atoms with Crippen LogP contribution in [-0.2, 0) is 9.59 Å². The largest absolute Gasteiger partial charge is 0.481 e. The van der Waals surface area contributed by atoms with Gasteiger partial charge in [-0.05, 0) is 40.2 Å². The summed E-state index contributed by atoms with van der Waals surface area (Å²) in [5.41, 5.74) is 0. The summed E-state index contributed by atoms with van der Waals surface area (Å²) in [5.74, 6) is -1.49. The number of urea groups is 1. The van der Waals surface area contributed by atoms with Gasteiger partial charge in [-0.15, -0.1) is 0 Å². The van der Waals surface area contributed by atoms with Crippen LogP contribution < -0.4 is 10.6 Å². The number of nitrogens with one attached hydrogen (secondary N) is 2. The van der Waals surface area contributed by atoms with Crippen LogP contribution in [0.5, 0.6) is 0 Å². The van der Waals surface area contributed by atoms with Gasteiger partial charge in [0.2, 0.25) is 5.91 Å². The van der Waals surface area contributed by atoms with E-state index in [2.05, 4.69) is 10.6 Å². The summed E-state index contributed by atoms with van der Waals surface area (Å²) in [4.78, 5) is 35.9. The normalized spacial score (nSPS) is 23.4. The summed E-state index contributed by atoms with van der Waals surface area (Å²) in [6.45, 7) is 6.18. The standard InChI is InChI=1S/C13H23N3O4/c1-8(2)14-13(20)15-11(17)7-16-5-4-10(12(18)19)6-9(16)3/h8-10H,4-7H2,1-3H3,(H,18,19)(H2,14,15,17,20). The van der Waals surface area contributed by atoms with Gasteiger partial charge in [0.1, 0.15) is 0 Å². The molecule has 7 heteroatoms. The van der Waals surface area contributed by atoms with Gasteiger partial charge < -0.3 is 10.4 Å². The second-order valence-corrected chi connectivity index (χ2v) is 5.56. The molecule has 2 unspecified atom stereocenters. The first-order chi connectivity index (χ1) is 9.29. The maximum absolute atomic E-state index is 11.7. The third-order valence-corrected chi connectivity index (χ3v) is 3.38. The topological polar surface area (TPSA) is 98.7 Å². The minimum Gasteiger partial charge on any atom is -0.481 e. The summed E-state index contributed by atoms with van der Waals surface area (Å²) in [6.07, 6.45) is 1.06. The average molecular weight is 285 g/mol. The first kappa shape index (κ1) is 16.4. The summed E-state index contributed by atoms with van der Waals surface area (Å²) >= 11 is 0. The number of carboxylic acids is 1. The third kappa shape index (κ3) is 5.16. The van der Waals surface area contributed by atoms with E-state index in [0.29, 0.717) is 19.4 Å². The molecule has 3 N–H and O–H groups in total. The Bertz CT molecular complexity index is 384. The Hall–Kier alpha value is -1.63. The molecule has 1 aliphatic heterocycles. The highest BCUT2D eigenvalue weighted by Gasteiger charge is 2.30. The number of amides is 3. The highest BCUT2D eigenvalue weighted by molar-refractivity contribution is 5.95. The zero-order valence-corrected chi connectivity index (χ0v) is 12.2. The summed E-state index contributed by atoms with van der Waals surface area (Å²) in [6, 6.07) is -0.519. The summed E-state index contributed by atoms with van der Waals surface area (Å²) < 4.78 is 0. The van der Waals surface area contributed by atoms with E-state index in [-0.39, 0.29) is 30.5 Å². The van der Waals surface area contributed by atoms with Crippen LogP contribution in [0.1, 0.15) is 33.6 Å². The number of carboxylic acid groups (broad SMARTS) is 1. The SMILES string of the molecule is CC(C)NC(=O)NC(=O)CN1CCC(C(=O)O)CC1C. The smallest absolute Gasteiger partial charge is 0.321 e. The predicted molar refractivity (Wildman–Crippen MR) is 73.2 cm³/mol. The van der Waals surface area contributed by atoms with E-state index in [9.17, 15) is 14.4 Å². The fourth-order valence-corrected chi connectivity index (χ4v) is 2.33. The second-order valence-electron chi connectivity index (χ2n) is 5.56. The van der Waals surface area contributed by atoms with Gasteiger partial charge in [0.25, 0.3) is 0 Å². The number of carbonyl (C=O) groups is 3. The molecule has 0 bridgehead atoms. The molecule has 1 heterocycles. The van der Waals surface area contributed by atoms with Crippen LogP contribution in [0.25, 0.3) is 0 Å². The lowest BCUT2D eigenvalue weighted by molar-refractivity contribution is -0.144. The van der Waals surface area contributed by atoms with E-state index < -0.39 is 12.0 Å². The van der Waals surface area contributed by atoms with Crippen LogP contribution in [0.3, 0.4) is 0 Å². The molecule has 0 aliphatic carbocycles. The highest BCUT2D eigenvalue weighted by Crippen LogP contribution is 2.22. The molecule has 1 saturated heterocycles. The summed E-state index contributed by atoms with van der Waals surface area (Å²) in [5, 5.41) is 13.8. The first-order valence-electron chi connectivity index (χ1n) is 6.86. The molecule has 0 spiro atoms. The number of hydrogen-bond acceptors (Lipinski definition) is 4. The molecule has 114 valence electrons. The van der Waals surface area contributed by atoms with E-state index in [0.717, 1.165) is 0 Å². The number of rotatable bonds is 4. The number of carbonyl (C=O) groups excluding carboxylic acids is 2. The van der Waals surface area contributed by atoms with E-state index in [4.69, 9.17) is 5.11 Å². The van der Waals surface area contributed by atoms with E-state index >= 15 is 0 Å². The first-order valence-corrected chi connectivity index (χ1v) is 6.86. The number of aliphatic carboxylic acids is 1. The minimum absolute atomic E-state index is 0.0174. The van der Waals surface area contributed by atoms with Gasteiger partial charge in [0.15, 0.2) is 0 Å². The fourth-order valence-electron chi connectivity index (χ4n) is 2.33. The molecule has 0 aromatic carbocycles. The highest BCUT2D eigenvalue weighted by atomic mass is 16.4. The van der Waals surface area contributed by atoms with Crippen molar-refractivity contribution in [3.05, 3.63) is 0 Å². The number of piperidine rings is 1. The lowest BCUT2D eigenvalue weighted by Gasteiger charge is -2.35. The number of nitrogens with zero attached hydrogens (tertiary/aromatic N) is 1. The lowest BCUT2D eigenvalue weighted by Crippen LogP contribution is -2.50. The quantitative estimate of drug-likeness (QED) is 0.694. The fraction of sp³-hybridized carbons (Fsp3) is 0.769. The van der Waals surface area contributed by atoms with Crippen LogP contribution in [0.4, 0.5) is 4.79 Å². The minimum atomic E-state index is -0.780. The van der Waals surface area contributed by atoms with Crippen molar-refractivity contribution in [1.29, 1.82) is 0 Å². The van der Waals surface area contributed by atoms with Crippen molar-refractivity contribution in [1.82, 2.24) is 15.5 Å². The van der Waals surface area contributed by atoms with Gasteiger partial charge in [-0.2, -0.15) is 0 Å². The Kier molecular flexibility index (Phi) is 5.94. The number of imide groups is 1. The van der Waals surface area contributed by atoms with Crippen molar-refractivity contribution in [2.45, 2.75) is 45.7 Å². The van der Waals surface area contributed by atoms with Crippen LogP contribution in [0.2, 0.25) is 0 Å². The monoisotopic (exact) mass is 285 g/mol. The molecular weight excluding hydrogens is 262 g/mol. The van der Waals surface area contributed by atoms with E-state index in [1.54, 1.807) is 0 Å². The molecule has 3 amide bonds. The Balaban J connectivity index is 2.39. The lowest BCUT2D eigenvalue weighted by atomic mass is 9.92. The van der Waals surface area contributed by atoms with Gasteiger partial charge in [0.05, 0.1) is 12.5 Å². The molecular formula is C13H23N3O4. The zero-order valence-electron chi connectivity index (χ0n) is 12.2. The van der Waals surface area contributed by atoms with Crippen molar-refractivity contribution in [2.75, 3.05) is 13.1 Å². The maximum Gasteiger partial charge on any atom is 0.321 e. The third-order valence-electron chi connectivity index (χ3n) is 3.38. The van der Waals surface area contributed by atoms with Crippen LogP contribution in [0, 0.1) is 5.92 Å². The maximum atomic E-state index is 11.7. The number of hydrogen-bond donors (Lipinski definition) is 3. The van der Waals surface area contributed by atoms with Crippen molar-refractivity contribution in [3.8, 4) is 0 Å².